The third kappa shape index (κ3) is 2.44. The topological polar surface area (TPSA) is 50.9 Å². The van der Waals surface area contributed by atoms with Gasteiger partial charge in [0.2, 0.25) is 5.69 Å². The van der Waals surface area contributed by atoms with Crippen LogP contribution in [0, 0.1) is 13.5 Å². The van der Waals surface area contributed by atoms with Gasteiger partial charge in [-0.2, -0.15) is 0 Å². The molecule has 96 valence electrons. The zero-order chi connectivity index (χ0) is 14.0. The lowest BCUT2D eigenvalue weighted by Gasteiger charge is -2.05. The predicted molar refractivity (Wildman–Crippen MR) is 74.3 cm³/mol. The van der Waals surface area contributed by atoms with Crippen LogP contribution in [0.1, 0.15) is 15.2 Å². The minimum absolute atomic E-state index is 0.299. The number of methoxy groups -OCH3 is 1. The average molecular weight is 273 g/mol. The molecule has 1 heterocycles. The molecule has 0 atom stereocenters. The Kier molecular flexibility index (Phi) is 3.54. The zero-order valence-electron chi connectivity index (χ0n) is 10.4. The normalized spacial score (nSPS) is 9.95. The summed E-state index contributed by atoms with van der Waals surface area (Å²) in [6, 6.07) is 6.92. The number of carboxylic acid groups (broad SMARTS) is 1. The molecule has 0 fully saturated rings. The van der Waals surface area contributed by atoms with Crippen LogP contribution in [0.15, 0.2) is 24.3 Å². The fraction of sp³-hybridized carbons (Fsp3) is 0.143. The number of rotatable bonds is 3. The van der Waals surface area contributed by atoms with Crippen molar-refractivity contribution in [2.45, 2.75) is 6.92 Å². The highest BCUT2D eigenvalue weighted by molar-refractivity contribution is 7.17. The van der Waals surface area contributed by atoms with Crippen LogP contribution >= 0.6 is 11.3 Å². The zero-order valence-corrected chi connectivity index (χ0v) is 11.2. The molecular formula is C14H11NO3S. The minimum atomic E-state index is -0.932. The quantitative estimate of drug-likeness (QED) is 0.860. The molecule has 4 nitrogen and oxygen atoms in total. The van der Waals surface area contributed by atoms with Crippen molar-refractivity contribution in [1.29, 1.82) is 0 Å². The summed E-state index contributed by atoms with van der Waals surface area (Å²) in [7, 11) is 1.52. The monoisotopic (exact) mass is 273 g/mol. The molecule has 0 aliphatic carbocycles. The first-order chi connectivity index (χ1) is 9.06. The Balaban J connectivity index is 2.54. The van der Waals surface area contributed by atoms with E-state index < -0.39 is 5.97 Å². The molecule has 0 saturated heterocycles. The lowest BCUT2D eigenvalue weighted by Crippen LogP contribution is -1.89. The van der Waals surface area contributed by atoms with Gasteiger partial charge in [0.05, 0.1) is 13.7 Å². The van der Waals surface area contributed by atoms with E-state index in [0.717, 1.165) is 16.0 Å². The maximum Gasteiger partial charge on any atom is 0.345 e. The lowest BCUT2D eigenvalue weighted by molar-refractivity contribution is 0.0702. The molecule has 1 aromatic heterocycles. The van der Waals surface area contributed by atoms with Crippen LogP contribution in [0.25, 0.3) is 15.3 Å². The van der Waals surface area contributed by atoms with Gasteiger partial charge < -0.3 is 9.84 Å². The number of hydrogen-bond acceptors (Lipinski definition) is 3. The minimum Gasteiger partial charge on any atom is -0.508 e. The number of nitrogens with zero attached hydrogens (tertiary/aromatic N) is 1. The molecule has 0 spiro atoms. The Morgan fingerprint density at radius 1 is 1.42 bits per heavy atom. The molecule has 0 amide bonds. The van der Waals surface area contributed by atoms with E-state index in [4.69, 9.17) is 16.4 Å². The van der Waals surface area contributed by atoms with Crippen LogP contribution in [0.3, 0.4) is 0 Å². The second kappa shape index (κ2) is 5.12. The van der Waals surface area contributed by atoms with E-state index in [1.807, 2.05) is 13.0 Å². The van der Waals surface area contributed by atoms with Gasteiger partial charge in [-0.15, -0.1) is 11.3 Å². The van der Waals surface area contributed by atoms with Gasteiger partial charge in [0.25, 0.3) is 0 Å². The fourth-order valence-corrected chi connectivity index (χ4v) is 2.80. The molecule has 0 unspecified atom stereocenters. The first-order valence-electron chi connectivity index (χ1n) is 5.46. The molecule has 0 bridgehead atoms. The molecule has 0 aliphatic heterocycles. The van der Waals surface area contributed by atoms with E-state index >= 15 is 0 Å². The van der Waals surface area contributed by atoms with E-state index in [9.17, 15) is 4.79 Å². The van der Waals surface area contributed by atoms with Crippen LogP contribution in [0.2, 0.25) is 0 Å². The van der Waals surface area contributed by atoms with Crippen LogP contribution in [0.5, 0.6) is 5.75 Å². The Labute approximate surface area is 114 Å². The van der Waals surface area contributed by atoms with Crippen molar-refractivity contribution in [1.82, 2.24) is 0 Å². The highest BCUT2D eigenvalue weighted by Gasteiger charge is 2.14. The summed E-state index contributed by atoms with van der Waals surface area (Å²) in [4.78, 5) is 15.5. The van der Waals surface area contributed by atoms with Crippen molar-refractivity contribution in [2.75, 3.05) is 7.11 Å². The summed E-state index contributed by atoms with van der Waals surface area (Å²) < 4.78 is 5.10. The summed E-state index contributed by atoms with van der Waals surface area (Å²) in [6.07, 6.45) is 0. The van der Waals surface area contributed by atoms with E-state index in [2.05, 4.69) is 4.85 Å². The molecular weight excluding hydrogens is 262 g/mol. The number of benzene rings is 1. The first-order valence-corrected chi connectivity index (χ1v) is 6.28. The number of aromatic carboxylic acids is 1. The third-order valence-electron chi connectivity index (χ3n) is 2.69. The van der Waals surface area contributed by atoms with Crippen molar-refractivity contribution in [2.24, 2.45) is 0 Å². The molecule has 1 aromatic carbocycles. The van der Waals surface area contributed by atoms with Crippen LogP contribution < -0.4 is 4.74 Å². The number of thiophene rings is 1. The van der Waals surface area contributed by atoms with Crippen molar-refractivity contribution in [3.05, 3.63) is 46.1 Å². The molecule has 2 aromatic rings. The fourth-order valence-electron chi connectivity index (χ4n) is 1.79. The maximum atomic E-state index is 11.0. The lowest BCUT2D eigenvalue weighted by atomic mass is 10.1. The SMILES string of the molecule is [C-]#[N+]c1cc(-c2sc(C(=O)O)cc2C)ccc1OC. The second-order valence-electron chi connectivity index (χ2n) is 3.93. The van der Waals surface area contributed by atoms with Gasteiger partial charge in [-0.3, -0.25) is 0 Å². The smallest absolute Gasteiger partial charge is 0.345 e. The summed E-state index contributed by atoms with van der Waals surface area (Å²) in [5, 5.41) is 8.99. The van der Waals surface area contributed by atoms with Crippen LogP contribution in [-0.2, 0) is 0 Å². The summed E-state index contributed by atoms with van der Waals surface area (Å²) in [5.74, 6) is -0.412. The number of ether oxygens (including phenoxy) is 1. The van der Waals surface area contributed by atoms with Crippen LogP contribution in [-0.4, -0.2) is 18.2 Å². The van der Waals surface area contributed by atoms with E-state index in [1.54, 1.807) is 18.2 Å². The molecule has 19 heavy (non-hydrogen) atoms. The van der Waals surface area contributed by atoms with Gasteiger partial charge in [0, 0.05) is 4.88 Å². The summed E-state index contributed by atoms with van der Waals surface area (Å²) in [6.45, 7) is 8.99. The van der Waals surface area contributed by atoms with Gasteiger partial charge in [0.15, 0.2) is 0 Å². The highest BCUT2D eigenvalue weighted by atomic mass is 32.1. The second-order valence-corrected chi connectivity index (χ2v) is 4.98. The van der Waals surface area contributed by atoms with Gasteiger partial charge in [-0.1, -0.05) is 6.07 Å². The van der Waals surface area contributed by atoms with Gasteiger partial charge in [-0.05, 0) is 36.2 Å². The maximum absolute atomic E-state index is 11.0. The Morgan fingerprint density at radius 2 is 2.16 bits per heavy atom. The average Bonchev–Trinajstić information content (AvgIpc) is 2.80. The molecule has 2 rings (SSSR count). The largest absolute Gasteiger partial charge is 0.508 e. The first kappa shape index (κ1) is 13.1. The number of carboxylic acids is 1. The van der Waals surface area contributed by atoms with Crippen molar-refractivity contribution >= 4 is 23.0 Å². The summed E-state index contributed by atoms with van der Waals surface area (Å²) in [5.41, 5.74) is 2.15. The Bertz CT molecular complexity index is 682. The van der Waals surface area contributed by atoms with Gasteiger partial charge in [0.1, 0.15) is 10.6 Å². The highest BCUT2D eigenvalue weighted by Crippen LogP contribution is 2.37. The van der Waals surface area contributed by atoms with E-state index in [0.29, 0.717) is 16.3 Å². The third-order valence-corrected chi connectivity index (χ3v) is 3.96. The van der Waals surface area contributed by atoms with E-state index in [-0.39, 0.29) is 0 Å². The molecule has 5 heteroatoms. The van der Waals surface area contributed by atoms with Crippen LogP contribution in [0.4, 0.5) is 5.69 Å². The predicted octanol–water partition coefficient (Wildman–Crippen LogP) is 3.98. The molecule has 0 aliphatic rings. The Morgan fingerprint density at radius 3 is 2.68 bits per heavy atom. The van der Waals surface area contributed by atoms with Crippen molar-refractivity contribution < 1.29 is 14.6 Å². The number of hydrogen-bond donors (Lipinski definition) is 1. The molecule has 1 N–H and O–H groups in total. The van der Waals surface area contributed by atoms with Crippen molar-refractivity contribution in [3.8, 4) is 16.2 Å². The Hall–Kier alpha value is -2.32. The molecule has 0 saturated carbocycles. The molecule has 0 radical (unpaired) electrons. The summed E-state index contributed by atoms with van der Waals surface area (Å²) >= 11 is 1.21. The standard InChI is InChI=1S/C14H11NO3S/c1-8-6-12(14(16)17)19-13(8)9-4-5-11(18-3)10(7-9)15-2/h4-7H,1,3H3,(H,16,17). The van der Waals surface area contributed by atoms with E-state index in [1.165, 1.54) is 18.4 Å². The van der Waals surface area contributed by atoms with Gasteiger partial charge in [-0.25, -0.2) is 9.64 Å². The number of aryl methyl sites for hydroxylation is 1. The van der Waals surface area contributed by atoms with Crippen molar-refractivity contribution in [3.63, 3.8) is 0 Å². The van der Waals surface area contributed by atoms with Gasteiger partial charge >= 0.3 is 5.97 Å². The number of carbonyl (C=O) groups is 1.